The molecule has 2 aromatic rings. The second-order valence-electron chi connectivity index (χ2n) is 10.8. The first-order valence-electron chi connectivity index (χ1n) is 12.6. The monoisotopic (exact) mass is 544 g/mol. The van der Waals surface area contributed by atoms with Crippen molar-refractivity contribution in [3.63, 3.8) is 0 Å². The van der Waals surface area contributed by atoms with Gasteiger partial charge in [0, 0.05) is 35.3 Å². The molecule has 2 atom stereocenters. The molecule has 0 saturated heterocycles. The predicted octanol–water partition coefficient (Wildman–Crippen LogP) is 3.66. The maximum absolute atomic E-state index is 13.0. The van der Waals surface area contributed by atoms with E-state index in [2.05, 4.69) is 5.32 Å². The smallest absolute Gasteiger partial charge is 0.449 e. The Morgan fingerprint density at radius 3 is 2.45 bits per heavy atom. The molecule has 3 rings (SSSR count). The number of aryl methyl sites for hydroxylation is 1. The Kier molecular flexibility index (Phi) is 9.62. The molecule has 3 N–H and O–H groups in total. The number of benzene rings is 2. The standard InChI is InChI=1S/C27H37BN2O7S/c1-17-13-20(28(33)34)7-11-23(17)18(2)16-36-25(31)29-21-8-12-24(38(35)22-9-10-22)19(14-21)15-30(6)26(32)37-27(3,4)5/h7-8,11-14,18,22,33-34H,9-10,15-16H2,1-6H3,(H,29,31). The van der Waals surface area contributed by atoms with Gasteiger partial charge in [0.25, 0.3) is 0 Å². The zero-order chi connectivity index (χ0) is 28.2. The van der Waals surface area contributed by atoms with Gasteiger partial charge in [-0.1, -0.05) is 25.1 Å². The van der Waals surface area contributed by atoms with E-state index in [1.807, 2.05) is 13.8 Å². The summed E-state index contributed by atoms with van der Waals surface area (Å²) in [7, 11) is -1.12. The lowest BCUT2D eigenvalue weighted by Crippen LogP contribution is -2.34. The van der Waals surface area contributed by atoms with E-state index < -0.39 is 35.7 Å². The van der Waals surface area contributed by atoms with Gasteiger partial charge in [0.15, 0.2) is 0 Å². The van der Waals surface area contributed by atoms with Crippen molar-refractivity contribution in [2.45, 2.75) is 75.7 Å². The molecule has 1 saturated carbocycles. The molecule has 9 nitrogen and oxygen atoms in total. The molecule has 38 heavy (non-hydrogen) atoms. The number of carbonyl (C=O) groups excluding carboxylic acids is 2. The molecule has 2 aromatic carbocycles. The van der Waals surface area contributed by atoms with Crippen LogP contribution < -0.4 is 10.8 Å². The summed E-state index contributed by atoms with van der Waals surface area (Å²) in [5, 5.41) is 21.5. The molecule has 1 aliphatic rings. The van der Waals surface area contributed by atoms with Gasteiger partial charge in [0.2, 0.25) is 0 Å². The van der Waals surface area contributed by atoms with Gasteiger partial charge in [0.05, 0.1) is 17.4 Å². The van der Waals surface area contributed by atoms with Crippen LogP contribution in [0.5, 0.6) is 0 Å². The zero-order valence-electron chi connectivity index (χ0n) is 22.8. The third-order valence-electron chi connectivity index (χ3n) is 6.05. The van der Waals surface area contributed by atoms with Crippen LogP contribution in [-0.4, -0.2) is 63.0 Å². The van der Waals surface area contributed by atoms with E-state index in [9.17, 15) is 23.8 Å². The summed E-state index contributed by atoms with van der Waals surface area (Å²) in [4.78, 5) is 27.1. The first-order valence-corrected chi connectivity index (χ1v) is 13.8. The summed E-state index contributed by atoms with van der Waals surface area (Å²) in [5.41, 5.74) is 2.68. The van der Waals surface area contributed by atoms with E-state index >= 15 is 0 Å². The lowest BCUT2D eigenvalue weighted by atomic mass is 9.78. The number of hydrogen-bond acceptors (Lipinski definition) is 7. The Morgan fingerprint density at radius 1 is 1.18 bits per heavy atom. The average Bonchev–Trinajstić information content (AvgIpc) is 3.66. The van der Waals surface area contributed by atoms with E-state index in [1.165, 1.54) is 4.90 Å². The number of anilines is 1. The summed E-state index contributed by atoms with van der Waals surface area (Å²) in [6.45, 7) is 9.43. The van der Waals surface area contributed by atoms with Gasteiger partial charge >= 0.3 is 19.3 Å². The normalized spacial score (nSPS) is 14.8. The molecule has 206 valence electrons. The zero-order valence-corrected chi connectivity index (χ0v) is 23.6. The Labute approximate surface area is 227 Å². The number of amides is 2. The van der Waals surface area contributed by atoms with Crippen LogP contribution in [0.1, 0.15) is 63.1 Å². The highest BCUT2D eigenvalue weighted by Crippen LogP contribution is 2.33. The van der Waals surface area contributed by atoms with Gasteiger partial charge in [-0.2, -0.15) is 0 Å². The molecule has 0 bridgehead atoms. The summed E-state index contributed by atoms with van der Waals surface area (Å²) in [5.74, 6) is -0.119. The Bertz CT molecular complexity index is 1190. The Balaban J connectivity index is 1.68. The predicted molar refractivity (Wildman–Crippen MR) is 148 cm³/mol. The Morgan fingerprint density at radius 2 is 1.87 bits per heavy atom. The maximum Gasteiger partial charge on any atom is 0.488 e. The lowest BCUT2D eigenvalue weighted by molar-refractivity contribution is 0.0283. The number of carbonyl (C=O) groups is 2. The first-order chi connectivity index (χ1) is 17.7. The topological polar surface area (TPSA) is 125 Å². The van der Waals surface area contributed by atoms with Crippen molar-refractivity contribution in [2.75, 3.05) is 19.0 Å². The van der Waals surface area contributed by atoms with E-state index in [-0.39, 0.29) is 24.3 Å². The summed E-state index contributed by atoms with van der Waals surface area (Å²) in [6.07, 6.45) is 0.673. The number of nitrogens with zero attached hydrogens (tertiary/aromatic N) is 1. The van der Waals surface area contributed by atoms with Crippen LogP contribution >= 0.6 is 0 Å². The molecule has 0 spiro atoms. The summed E-state index contributed by atoms with van der Waals surface area (Å²) >= 11 is 0. The molecule has 2 unspecified atom stereocenters. The molecule has 1 aliphatic carbocycles. The SMILES string of the molecule is Cc1cc(B(O)O)ccc1C(C)COC(=O)Nc1ccc(S(=O)C2CC2)c(CN(C)C(=O)OC(C)(C)C)c1. The summed E-state index contributed by atoms with van der Waals surface area (Å²) in [6, 6.07) is 10.2. The van der Waals surface area contributed by atoms with Crippen LogP contribution in [0.25, 0.3) is 0 Å². The fraction of sp³-hybridized carbons (Fsp3) is 0.481. The van der Waals surface area contributed by atoms with E-state index in [0.717, 1.165) is 24.0 Å². The molecule has 1 fully saturated rings. The highest BCUT2D eigenvalue weighted by molar-refractivity contribution is 7.86. The van der Waals surface area contributed by atoms with Crippen LogP contribution in [0.2, 0.25) is 0 Å². The minimum atomic E-state index is -1.54. The molecule has 0 aliphatic heterocycles. The van der Waals surface area contributed by atoms with Crippen LogP contribution in [0.15, 0.2) is 41.3 Å². The molecular formula is C27H37BN2O7S. The molecule has 2 amide bonds. The molecule has 0 radical (unpaired) electrons. The van der Waals surface area contributed by atoms with Crippen LogP contribution in [0.3, 0.4) is 0 Å². The van der Waals surface area contributed by atoms with Gasteiger partial charge in [-0.15, -0.1) is 0 Å². The van der Waals surface area contributed by atoms with Crippen LogP contribution in [0, 0.1) is 6.92 Å². The first kappa shape index (κ1) is 29.7. The quantitative estimate of drug-likeness (QED) is 0.412. The van der Waals surface area contributed by atoms with Crippen molar-refractivity contribution < 1.29 is 33.3 Å². The number of nitrogens with one attached hydrogen (secondary N) is 1. The van der Waals surface area contributed by atoms with Gasteiger partial charge < -0.3 is 24.4 Å². The maximum atomic E-state index is 13.0. The van der Waals surface area contributed by atoms with Gasteiger partial charge in [0.1, 0.15) is 5.60 Å². The van der Waals surface area contributed by atoms with Crippen molar-refractivity contribution in [3.05, 3.63) is 53.1 Å². The fourth-order valence-corrected chi connectivity index (χ4v) is 5.46. The number of ether oxygens (including phenoxy) is 2. The molecular weight excluding hydrogens is 507 g/mol. The fourth-order valence-electron chi connectivity index (χ4n) is 3.96. The van der Waals surface area contributed by atoms with Crippen molar-refractivity contribution >= 4 is 41.3 Å². The van der Waals surface area contributed by atoms with Crippen molar-refractivity contribution in [2.24, 2.45) is 0 Å². The van der Waals surface area contributed by atoms with E-state index in [1.54, 1.807) is 64.2 Å². The van der Waals surface area contributed by atoms with E-state index in [4.69, 9.17) is 9.47 Å². The lowest BCUT2D eigenvalue weighted by Gasteiger charge is -2.25. The minimum Gasteiger partial charge on any atom is -0.449 e. The molecule has 11 heteroatoms. The van der Waals surface area contributed by atoms with Crippen molar-refractivity contribution in [3.8, 4) is 0 Å². The summed E-state index contributed by atoms with van der Waals surface area (Å²) < 4.78 is 23.9. The average molecular weight is 544 g/mol. The minimum absolute atomic E-state index is 0.115. The van der Waals surface area contributed by atoms with Crippen molar-refractivity contribution in [1.82, 2.24) is 4.90 Å². The highest BCUT2D eigenvalue weighted by Gasteiger charge is 2.31. The molecule has 0 aromatic heterocycles. The second-order valence-corrected chi connectivity index (χ2v) is 12.5. The Hall–Kier alpha value is -2.89. The van der Waals surface area contributed by atoms with Crippen molar-refractivity contribution in [1.29, 1.82) is 0 Å². The molecule has 0 heterocycles. The number of rotatable bonds is 9. The van der Waals surface area contributed by atoms with Gasteiger partial charge in [-0.3, -0.25) is 9.53 Å². The van der Waals surface area contributed by atoms with Gasteiger partial charge in [-0.25, -0.2) is 9.59 Å². The van der Waals surface area contributed by atoms with Gasteiger partial charge in [-0.05, 0) is 80.9 Å². The largest absolute Gasteiger partial charge is 0.488 e. The van der Waals surface area contributed by atoms with Crippen LogP contribution in [0.4, 0.5) is 15.3 Å². The highest BCUT2D eigenvalue weighted by atomic mass is 32.2. The third-order valence-corrected chi connectivity index (χ3v) is 7.96. The van der Waals surface area contributed by atoms with Crippen LogP contribution in [-0.2, 0) is 26.8 Å². The number of hydrogen-bond donors (Lipinski definition) is 3. The third kappa shape index (κ3) is 8.31. The van der Waals surface area contributed by atoms with E-state index in [0.29, 0.717) is 21.6 Å². The second kappa shape index (κ2) is 12.3.